The summed E-state index contributed by atoms with van der Waals surface area (Å²) in [4.78, 5) is 24.9. The van der Waals surface area contributed by atoms with Gasteiger partial charge in [0, 0.05) is 19.7 Å². The molecule has 0 radical (unpaired) electrons. The average Bonchev–Trinajstić information content (AvgIpc) is 3.10. The molecule has 5 heteroatoms. The van der Waals surface area contributed by atoms with Gasteiger partial charge in [0.2, 0.25) is 5.91 Å². The molecule has 1 heterocycles. The molecule has 17 heavy (non-hydrogen) atoms. The van der Waals surface area contributed by atoms with Crippen LogP contribution in [0.25, 0.3) is 0 Å². The first kappa shape index (κ1) is 12.4. The van der Waals surface area contributed by atoms with Crippen LogP contribution in [0.2, 0.25) is 0 Å². The Morgan fingerprint density at radius 3 is 2.71 bits per heavy atom. The molecule has 0 spiro atoms. The number of piperidine rings is 1. The van der Waals surface area contributed by atoms with E-state index in [1.165, 1.54) is 0 Å². The summed E-state index contributed by atoms with van der Waals surface area (Å²) in [6, 6.07) is 0. The highest BCUT2D eigenvalue weighted by atomic mass is 16.5. The fourth-order valence-electron chi connectivity index (χ4n) is 2.44. The highest BCUT2D eigenvalue weighted by Gasteiger charge is 2.58. The first-order valence-corrected chi connectivity index (χ1v) is 6.24. The van der Waals surface area contributed by atoms with Gasteiger partial charge in [-0.15, -0.1) is 0 Å². The van der Waals surface area contributed by atoms with Gasteiger partial charge in [-0.2, -0.15) is 0 Å². The number of hydrogen-bond acceptors (Lipinski definition) is 3. The number of rotatable bonds is 4. The van der Waals surface area contributed by atoms with Crippen molar-refractivity contribution in [3.63, 3.8) is 0 Å². The first-order valence-electron chi connectivity index (χ1n) is 6.24. The SMILES string of the molecule is CCOC1CCCN(C(=O)C2(C(=O)O)CC2)C1. The molecule has 1 amide bonds. The summed E-state index contributed by atoms with van der Waals surface area (Å²) < 4.78 is 5.52. The lowest BCUT2D eigenvalue weighted by Gasteiger charge is -2.34. The number of hydrogen-bond donors (Lipinski definition) is 1. The van der Waals surface area contributed by atoms with Crippen molar-refractivity contribution < 1.29 is 19.4 Å². The van der Waals surface area contributed by atoms with Crippen LogP contribution < -0.4 is 0 Å². The van der Waals surface area contributed by atoms with Crippen molar-refractivity contribution in [3.05, 3.63) is 0 Å². The normalized spacial score (nSPS) is 26.6. The van der Waals surface area contributed by atoms with E-state index in [9.17, 15) is 9.59 Å². The standard InChI is InChI=1S/C12H19NO4/c1-2-17-9-4-3-7-13(8-9)10(14)12(5-6-12)11(15)16/h9H,2-8H2,1H3,(H,15,16). The van der Waals surface area contributed by atoms with E-state index < -0.39 is 11.4 Å². The molecule has 0 aromatic carbocycles. The van der Waals surface area contributed by atoms with Gasteiger partial charge in [0.1, 0.15) is 5.41 Å². The Hall–Kier alpha value is -1.10. The van der Waals surface area contributed by atoms with Crippen molar-refractivity contribution in [2.45, 2.75) is 38.7 Å². The number of amides is 1. The molecule has 5 nitrogen and oxygen atoms in total. The summed E-state index contributed by atoms with van der Waals surface area (Å²) in [5, 5.41) is 9.10. The van der Waals surface area contributed by atoms with Gasteiger partial charge in [-0.3, -0.25) is 9.59 Å². The van der Waals surface area contributed by atoms with E-state index in [0.717, 1.165) is 12.8 Å². The van der Waals surface area contributed by atoms with Gasteiger partial charge < -0.3 is 14.7 Å². The van der Waals surface area contributed by atoms with Crippen molar-refractivity contribution in [2.24, 2.45) is 5.41 Å². The van der Waals surface area contributed by atoms with Gasteiger partial charge in [0.15, 0.2) is 0 Å². The maximum atomic E-state index is 12.2. The summed E-state index contributed by atoms with van der Waals surface area (Å²) in [5.74, 6) is -1.18. The van der Waals surface area contributed by atoms with Crippen LogP contribution in [-0.2, 0) is 14.3 Å². The highest BCUT2D eigenvalue weighted by Crippen LogP contribution is 2.47. The van der Waals surface area contributed by atoms with Crippen LogP contribution in [0.3, 0.4) is 0 Å². The maximum Gasteiger partial charge on any atom is 0.319 e. The maximum absolute atomic E-state index is 12.2. The van der Waals surface area contributed by atoms with Gasteiger partial charge >= 0.3 is 5.97 Å². The predicted molar refractivity (Wildman–Crippen MR) is 60.5 cm³/mol. The predicted octanol–water partition coefficient (Wildman–Crippen LogP) is 0.879. The molecular weight excluding hydrogens is 222 g/mol. The molecule has 0 aromatic rings. The Balaban J connectivity index is 1.98. The number of likely N-dealkylation sites (tertiary alicyclic amines) is 1. The number of ether oxygens (including phenoxy) is 1. The van der Waals surface area contributed by atoms with Gasteiger partial charge in [-0.1, -0.05) is 0 Å². The van der Waals surface area contributed by atoms with Crippen LogP contribution in [0.1, 0.15) is 32.6 Å². The van der Waals surface area contributed by atoms with Crippen molar-refractivity contribution in [1.29, 1.82) is 0 Å². The molecule has 1 aliphatic heterocycles. The van der Waals surface area contributed by atoms with E-state index in [0.29, 0.717) is 32.5 Å². The number of carboxylic acids is 1. The van der Waals surface area contributed by atoms with E-state index in [-0.39, 0.29) is 12.0 Å². The lowest BCUT2D eigenvalue weighted by atomic mass is 10.0. The summed E-state index contributed by atoms with van der Waals surface area (Å²) in [7, 11) is 0. The second-order valence-electron chi connectivity index (χ2n) is 4.86. The summed E-state index contributed by atoms with van der Waals surface area (Å²) in [5.41, 5.74) is -1.10. The molecule has 2 fully saturated rings. The minimum absolute atomic E-state index is 0.0716. The number of carbonyl (C=O) groups excluding carboxylic acids is 1. The van der Waals surface area contributed by atoms with Gasteiger partial charge in [-0.25, -0.2) is 0 Å². The molecular formula is C12H19NO4. The Morgan fingerprint density at radius 1 is 1.47 bits per heavy atom. The van der Waals surface area contributed by atoms with Crippen LogP contribution in [-0.4, -0.2) is 47.7 Å². The molecule has 1 unspecified atom stereocenters. The molecule has 0 bridgehead atoms. The monoisotopic (exact) mass is 241 g/mol. The second-order valence-corrected chi connectivity index (χ2v) is 4.86. The zero-order valence-corrected chi connectivity index (χ0v) is 10.1. The third-order valence-electron chi connectivity index (χ3n) is 3.64. The first-order chi connectivity index (χ1) is 8.10. The van der Waals surface area contributed by atoms with Gasteiger partial charge in [-0.05, 0) is 32.6 Å². The Labute approximate surface area is 101 Å². The molecule has 1 aliphatic carbocycles. The van der Waals surface area contributed by atoms with Gasteiger partial charge in [0.25, 0.3) is 0 Å². The topological polar surface area (TPSA) is 66.8 Å². The third kappa shape index (κ3) is 2.29. The van der Waals surface area contributed by atoms with Crippen LogP contribution in [0.4, 0.5) is 0 Å². The Kier molecular flexibility index (Phi) is 3.38. The number of aliphatic carboxylic acids is 1. The molecule has 96 valence electrons. The molecule has 1 saturated heterocycles. The molecule has 2 rings (SSSR count). The van der Waals surface area contributed by atoms with Gasteiger partial charge in [0.05, 0.1) is 6.10 Å². The molecule has 0 aromatic heterocycles. The smallest absolute Gasteiger partial charge is 0.319 e. The van der Waals surface area contributed by atoms with Crippen molar-refractivity contribution in [1.82, 2.24) is 4.90 Å². The lowest BCUT2D eigenvalue weighted by Crippen LogP contribution is -2.48. The van der Waals surface area contributed by atoms with Crippen molar-refractivity contribution in [3.8, 4) is 0 Å². The van der Waals surface area contributed by atoms with Crippen molar-refractivity contribution >= 4 is 11.9 Å². The number of carbonyl (C=O) groups is 2. The van der Waals surface area contributed by atoms with Crippen LogP contribution in [0.5, 0.6) is 0 Å². The number of carboxylic acid groups (broad SMARTS) is 1. The second kappa shape index (κ2) is 4.64. The largest absolute Gasteiger partial charge is 0.480 e. The minimum Gasteiger partial charge on any atom is -0.480 e. The molecule has 1 saturated carbocycles. The Bertz CT molecular complexity index is 322. The van der Waals surface area contributed by atoms with E-state index in [2.05, 4.69) is 0 Å². The van der Waals surface area contributed by atoms with Crippen LogP contribution in [0, 0.1) is 5.41 Å². The fourth-order valence-corrected chi connectivity index (χ4v) is 2.44. The Morgan fingerprint density at radius 2 is 2.18 bits per heavy atom. The van der Waals surface area contributed by atoms with E-state index >= 15 is 0 Å². The van der Waals surface area contributed by atoms with Crippen LogP contribution in [0.15, 0.2) is 0 Å². The van der Waals surface area contributed by atoms with E-state index in [1.54, 1.807) is 4.90 Å². The zero-order valence-electron chi connectivity index (χ0n) is 10.1. The number of nitrogens with zero attached hydrogens (tertiary/aromatic N) is 1. The van der Waals surface area contributed by atoms with Crippen LogP contribution >= 0.6 is 0 Å². The third-order valence-corrected chi connectivity index (χ3v) is 3.64. The minimum atomic E-state index is -1.10. The lowest BCUT2D eigenvalue weighted by molar-refractivity contribution is -0.155. The van der Waals surface area contributed by atoms with Crippen molar-refractivity contribution in [2.75, 3.05) is 19.7 Å². The summed E-state index contributed by atoms with van der Waals surface area (Å²) >= 11 is 0. The highest BCUT2D eigenvalue weighted by molar-refractivity contribution is 6.04. The summed E-state index contributed by atoms with van der Waals surface area (Å²) in [6.45, 7) is 3.77. The molecule has 1 atom stereocenters. The quantitative estimate of drug-likeness (QED) is 0.742. The fraction of sp³-hybridized carbons (Fsp3) is 0.833. The summed E-state index contributed by atoms with van der Waals surface area (Å²) in [6.07, 6.45) is 2.89. The van der Waals surface area contributed by atoms with E-state index in [1.807, 2.05) is 6.92 Å². The molecule has 1 N–H and O–H groups in total. The zero-order chi connectivity index (χ0) is 12.5. The molecule has 2 aliphatic rings. The van der Waals surface area contributed by atoms with E-state index in [4.69, 9.17) is 9.84 Å². The average molecular weight is 241 g/mol.